The zero-order valence-electron chi connectivity index (χ0n) is 30.7. The summed E-state index contributed by atoms with van der Waals surface area (Å²) in [6, 6.07) is 70.2. The van der Waals surface area contributed by atoms with E-state index in [0.29, 0.717) is 5.82 Å². The fourth-order valence-corrected chi connectivity index (χ4v) is 9.12. The molecule has 3 heterocycles. The Morgan fingerprint density at radius 1 is 0.421 bits per heavy atom. The summed E-state index contributed by atoms with van der Waals surface area (Å²) in [6.45, 7) is 0. The van der Waals surface area contributed by atoms with E-state index in [1.807, 2.05) is 6.07 Å². The van der Waals surface area contributed by atoms with Crippen LogP contribution in [0.2, 0.25) is 0 Å². The second kappa shape index (κ2) is 13.7. The number of rotatable bonds is 7. The molecule has 0 radical (unpaired) electrons. The van der Waals surface area contributed by atoms with Crippen LogP contribution in [0.25, 0.3) is 87.1 Å². The number of para-hydroxylation sites is 1. The van der Waals surface area contributed by atoms with Crippen molar-refractivity contribution in [2.75, 3.05) is 4.90 Å². The van der Waals surface area contributed by atoms with E-state index in [-0.39, 0.29) is 0 Å². The Bertz CT molecular complexity index is 3230. The number of thiophene rings is 1. The van der Waals surface area contributed by atoms with Crippen molar-refractivity contribution in [2.45, 2.75) is 0 Å². The van der Waals surface area contributed by atoms with E-state index in [1.165, 1.54) is 21.4 Å². The van der Waals surface area contributed by atoms with Gasteiger partial charge in [-0.1, -0.05) is 140 Å². The molecule has 0 amide bonds. The molecular weight excluding hydrogens is 715 g/mol. The van der Waals surface area contributed by atoms with Gasteiger partial charge < -0.3 is 9.32 Å². The van der Waals surface area contributed by atoms with Gasteiger partial charge in [-0.05, 0) is 82.9 Å². The first-order valence-corrected chi connectivity index (χ1v) is 19.9. The van der Waals surface area contributed by atoms with Gasteiger partial charge in [-0.3, -0.25) is 0 Å². The third kappa shape index (κ3) is 5.84. The lowest BCUT2D eigenvalue weighted by atomic mass is 10.0. The average molecular weight is 748 g/mol. The van der Waals surface area contributed by atoms with Crippen molar-refractivity contribution in [1.29, 1.82) is 0 Å². The molecule has 0 saturated carbocycles. The molecule has 57 heavy (non-hydrogen) atoms. The van der Waals surface area contributed by atoms with Crippen LogP contribution in [0.5, 0.6) is 0 Å². The maximum absolute atomic E-state index is 6.70. The molecule has 0 bridgehead atoms. The van der Waals surface area contributed by atoms with Gasteiger partial charge in [0.2, 0.25) is 0 Å². The monoisotopic (exact) mass is 747 g/mol. The summed E-state index contributed by atoms with van der Waals surface area (Å²) in [6.07, 6.45) is 0. The topological polar surface area (TPSA) is 42.2 Å². The van der Waals surface area contributed by atoms with Crippen LogP contribution in [0.4, 0.5) is 17.1 Å². The summed E-state index contributed by atoms with van der Waals surface area (Å²) < 4.78 is 8.97. The van der Waals surface area contributed by atoms with E-state index in [0.717, 1.165) is 77.0 Å². The third-order valence-electron chi connectivity index (χ3n) is 10.7. The molecule has 0 aliphatic rings. The minimum Gasteiger partial charge on any atom is -0.456 e. The number of furan rings is 1. The highest BCUT2D eigenvalue weighted by atomic mass is 32.1. The summed E-state index contributed by atoms with van der Waals surface area (Å²) in [4.78, 5) is 12.9. The zero-order chi connectivity index (χ0) is 37.7. The molecule has 0 atom stereocenters. The van der Waals surface area contributed by atoms with Crippen LogP contribution in [0, 0.1) is 0 Å². The van der Waals surface area contributed by atoms with Gasteiger partial charge in [0, 0.05) is 38.0 Å². The van der Waals surface area contributed by atoms with Gasteiger partial charge in [0.05, 0.1) is 27.0 Å². The maximum Gasteiger partial charge on any atom is 0.160 e. The van der Waals surface area contributed by atoms with Gasteiger partial charge in [0.25, 0.3) is 0 Å². The molecular formula is C52H33N3OS. The molecule has 0 N–H and O–H groups in total. The van der Waals surface area contributed by atoms with Gasteiger partial charge >= 0.3 is 0 Å². The lowest BCUT2D eigenvalue weighted by Crippen LogP contribution is -2.10. The van der Waals surface area contributed by atoms with Crippen molar-refractivity contribution >= 4 is 70.6 Å². The van der Waals surface area contributed by atoms with Crippen molar-refractivity contribution < 1.29 is 4.42 Å². The number of hydrogen-bond donors (Lipinski definition) is 0. The smallest absolute Gasteiger partial charge is 0.160 e. The highest BCUT2D eigenvalue weighted by Crippen LogP contribution is 2.45. The maximum atomic E-state index is 6.70. The van der Waals surface area contributed by atoms with Crippen LogP contribution in [-0.4, -0.2) is 9.97 Å². The lowest BCUT2D eigenvalue weighted by Gasteiger charge is -2.26. The highest BCUT2D eigenvalue weighted by molar-refractivity contribution is 7.26. The minimum atomic E-state index is 0.665. The second-order valence-corrected chi connectivity index (χ2v) is 15.2. The second-order valence-electron chi connectivity index (χ2n) is 14.2. The van der Waals surface area contributed by atoms with E-state index >= 15 is 0 Å². The van der Waals surface area contributed by atoms with E-state index in [9.17, 15) is 0 Å². The summed E-state index contributed by atoms with van der Waals surface area (Å²) >= 11 is 1.75. The number of fused-ring (bicyclic) bond motifs is 6. The quantitative estimate of drug-likeness (QED) is 0.163. The van der Waals surface area contributed by atoms with Crippen LogP contribution < -0.4 is 4.90 Å². The predicted octanol–water partition coefficient (Wildman–Crippen LogP) is 14.9. The van der Waals surface area contributed by atoms with Crippen molar-refractivity contribution in [2.24, 2.45) is 0 Å². The van der Waals surface area contributed by atoms with Crippen LogP contribution in [-0.2, 0) is 0 Å². The van der Waals surface area contributed by atoms with Gasteiger partial charge in [-0.25, -0.2) is 9.97 Å². The molecule has 268 valence electrons. The Kier molecular flexibility index (Phi) is 7.97. The SMILES string of the molecule is c1ccc(-c2ccc(N(c3ccccc3)c3cccc4oc5cc(-c6nc(-c7cccc(-c8ccccc8)c7)c7sc8ccccc8c7n6)ccc5c34)cc2)cc1. The number of anilines is 3. The Hall–Kier alpha value is -7.34. The Labute approximate surface area is 333 Å². The molecule has 11 rings (SSSR count). The predicted molar refractivity (Wildman–Crippen MR) is 239 cm³/mol. The molecule has 0 fully saturated rings. The molecule has 4 nitrogen and oxygen atoms in total. The summed E-state index contributed by atoms with van der Waals surface area (Å²) in [7, 11) is 0. The van der Waals surface area contributed by atoms with Crippen molar-refractivity contribution in [3.05, 3.63) is 200 Å². The first-order valence-electron chi connectivity index (χ1n) is 19.1. The van der Waals surface area contributed by atoms with Crippen molar-refractivity contribution in [3.63, 3.8) is 0 Å². The Morgan fingerprint density at radius 2 is 1.04 bits per heavy atom. The molecule has 5 heteroatoms. The van der Waals surface area contributed by atoms with Crippen LogP contribution >= 0.6 is 11.3 Å². The minimum absolute atomic E-state index is 0.665. The van der Waals surface area contributed by atoms with Crippen molar-refractivity contribution in [3.8, 4) is 44.9 Å². The normalized spacial score (nSPS) is 11.5. The standard InChI is InChI=1S/C52H33N3OS/c1-4-14-34(15-5-1)36-26-29-41(30-27-36)55(40-20-8-3-9-21-40)44-23-13-24-45-48(44)42-31-28-39(33-46(42)56-45)52-53-49(51-50(54-52)43-22-10-11-25-47(43)57-51)38-19-12-18-37(32-38)35-16-6-2-7-17-35/h1-33H. The fourth-order valence-electron chi connectivity index (χ4n) is 7.96. The van der Waals surface area contributed by atoms with Gasteiger partial charge in [-0.2, -0.15) is 0 Å². The number of aromatic nitrogens is 2. The number of hydrogen-bond acceptors (Lipinski definition) is 5. The van der Waals surface area contributed by atoms with Crippen molar-refractivity contribution in [1.82, 2.24) is 9.97 Å². The fraction of sp³-hybridized carbons (Fsp3) is 0. The lowest BCUT2D eigenvalue weighted by molar-refractivity contribution is 0.669. The van der Waals surface area contributed by atoms with Crippen LogP contribution in [0.1, 0.15) is 0 Å². The summed E-state index contributed by atoms with van der Waals surface area (Å²) in [5.41, 5.74) is 13.3. The highest BCUT2D eigenvalue weighted by Gasteiger charge is 2.21. The number of nitrogens with zero attached hydrogens (tertiary/aromatic N) is 3. The molecule has 0 spiro atoms. The Morgan fingerprint density at radius 3 is 1.82 bits per heavy atom. The largest absolute Gasteiger partial charge is 0.456 e. The Balaban J connectivity index is 1.06. The molecule has 11 aromatic rings. The third-order valence-corrected chi connectivity index (χ3v) is 11.9. The molecule has 8 aromatic carbocycles. The summed E-state index contributed by atoms with van der Waals surface area (Å²) in [5, 5.41) is 3.21. The average Bonchev–Trinajstić information content (AvgIpc) is 3.86. The number of benzene rings is 8. The molecule has 0 unspecified atom stereocenters. The van der Waals surface area contributed by atoms with Crippen LogP contribution in [0.3, 0.4) is 0 Å². The van der Waals surface area contributed by atoms with Gasteiger partial charge in [0.1, 0.15) is 11.2 Å². The summed E-state index contributed by atoms with van der Waals surface area (Å²) in [5.74, 6) is 0.665. The molecule has 0 aliphatic heterocycles. The van der Waals surface area contributed by atoms with E-state index in [1.54, 1.807) is 11.3 Å². The first kappa shape index (κ1) is 33.0. The van der Waals surface area contributed by atoms with Gasteiger partial charge in [0.15, 0.2) is 5.82 Å². The zero-order valence-corrected chi connectivity index (χ0v) is 31.5. The van der Waals surface area contributed by atoms with E-state index in [2.05, 4.69) is 199 Å². The van der Waals surface area contributed by atoms with E-state index in [4.69, 9.17) is 14.4 Å². The van der Waals surface area contributed by atoms with E-state index < -0.39 is 0 Å². The van der Waals surface area contributed by atoms with Gasteiger partial charge in [-0.15, -0.1) is 11.3 Å². The first-order chi connectivity index (χ1) is 28.2. The van der Waals surface area contributed by atoms with Crippen LogP contribution in [0.15, 0.2) is 205 Å². The molecule has 0 aliphatic carbocycles. The molecule has 3 aromatic heterocycles. The molecule has 0 saturated heterocycles.